The second-order valence-electron chi connectivity index (χ2n) is 7.94. The molecule has 3 aromatic rings. The molecule has 3 aromatic carbocycles. The van der Waals surface area contributed by atoms with Crippen LogP contribution in [-0.4, -0.2) is 31.1 Å². The minimum Gasteiger partial charge on any atom is -0.495 e. The Labute approximate surface area is 176 Å². The molecule has 156 valence electrons. The lowest BCUT2D eigenvalue weighted by atomic mass is 10.0. The predicted octanol–water partition coefficient (Wildman–Crippen LogP) is 4.39. The zero-order valence-electron chi connectivity index (χ0n) is 17.6. The van der Waals surface area contributed by atoms with Gasteiger partial charge in [0, 0.05) is 5.54 Å². The number of hydrogen-bond donors (Lipinski definition) is 2. The van der Waals surface area contributed by atoms with E-state index in [1.807, 2.05) is 57.2 Å². The van der Waals surface area contributed by atoms with Gasteiger partial charge in [-0.25, -0.2) is 0 Å². The van der Waals surface area contributed by atoms with Crippen molar-refractivity contribution in [2.24, 2.45) is 0 Å². The highest BCUT2D eigenvalue weighted by molar-refractivity contribution is 6.09. The zero-order chi connectivity index (χ0) is 21.7. The first-order valence-electron chi connectivity index (χ1n) is 9.68. The van der Waals surface area contributed by atoms with Gasteiger partial charge in [0.1, 0.15) is 11.5 Å². The Morgan fingerprint density at radius 2 is 1.53 bits per heavy atom. The number of anilines is 1. The molecule has 30 heavy (non-hydrogen) atoms. The van der Waals surface area contributed by atoms with E-state index in [1.54, 1.807) is 31.4 Å². The van der Waals surface area contributed by atoms with Crippen LogP contribution in [0.2, 0.25) is 0 Å². The summed E-state index contributed by atoms with van der Waals surface area (Å²) < 4.78 is 11.1. The molecule has 2 N–H and O–H groups in total. The van der Waals surface area contributed by atoms with Crippen LogP contribution in [0.1, 0.15) is 31.1 Å². The average Bonchev–Trinajstić information content (AvgIpc) is 2.70. The van der Waals surface area contributed by atoms with Crippen molar-refractivity contribution in [3.63, 3.8) is 0 Å². The van der Waals surface area contributed by atoms with Crippen LogP contribution in [0.5, 0.6) is 11.5 Å². The van der Waals surface area contributed by atoms with E-state index in [0.717, 1.165) is 10.8 Å². The maximum atomic E-state index is 13.1. The van der Waals surface area contributed by atoms with Crippen LogP contribution < -0.4 is 20.1 Å². The van der Waals surface area contributed by atoms with Crippen molar-refractivity contribution in [3.05, 3.63) is 66.2 Å². The fourth-order valence-electron chi connectivity index (χ4n) is 3.05. The van der Waals surface area contributed by atoms with Crippen LogP contribution in [0.25, 0.3) is 10.8 Å². The summed E-state index contributed by atoms with van der Waals surface area (Å²) in [4.78, 5) is 25.3. The van der Waals surface area contributed by atoms with Crippen LogP contribution in [0.4, 0.5) is 5.69 Å². The summed E-state index contributed by atoms with van der Waals surface area (Å²) in [6.45, 7) is 5.50. The fraction of sp³-hybridized carbons (Fsp3) is 0.250. The molecule has 0 atom stereocenters. The standard InChI is InChI=1S/C24H26N2O4/c1-24(2,3)26-22(27)15-30-21-14-17-10-6-5-9-16(17)13-18(21)23(28)25-19-11-7-8-12-20(19)29-4/h5-14H,15H2,1-4H3,(H,25,28)(H,26,27). The molecule has 0 unspecified atom stereocenters. The van der Waals surface area contributed by atoms with Gasteiger partial charge in [-0.15, -0.1) is 0 Å². The van der Waals surface area contributed by atoms with Gasteiger partial charge in [-0.2, -0.15) is 0 Å². The Hall–Kier alpha value is -3.54. The predicted molar refractivity (Wildman–Crippen MR) is 118 cm³/mol. The van der Waals surface area contributed by atoms with Gasteiger partial charge in [0.2, 0.25) is 0 Å². The minimum absolute atomic E-state index is 0.190. The summed E-state index contributed by atoms with van der Waals surface area (Å²) in [5, 5.41) is 7.53. The summed E-state index contributed by atoms with van der Waals surface area (Å²) in [6, 6.07) is 18.4. The van der Waals surface area contributed by atoms with Gasteiger partial charge in [-0.05, 0) is 55.8 Å². The van der Waals surface area contributed by atoms with Crippen molar-refractivity contribution in [1.82, 2.24) is 5.32 Å². The van der Waals surface area contributed by atoms with Gasteiger partial charge < -0.3 is 20.1 Å². The van der Waals surface area contributed by atoms with E-state index >= 15 is 0 Å². The third kappa shape index (κ3) is 5.29. The summed E-state index contributed by atoms with van der Waals surface area (Å²) in [5.74, 6) is 0.284. The molecule has 2 amide bonds. The van der Waals surface area contributed by atoms with Crippen LogP contribution in [0.15, 0.2) is 60.7 Å². The van der Waals surface area contributed by atoms with E-state index in [9.17, 15) is 9.59 Å². The maximum absolute atomic E-state index is 13.1. The third-order valence-electron chi connectivity index (χ3n) is 4.32. The molecule has 0 aliphatic carbocycles. The van der Waals surface area contributed by atoms with Gasteiger partial charge in [-0.1, -0.05) is 36.4 Å². The van der Waals surface area contributed by atoms with Crippen molar-refractivity contribution in [2.75, 3.05) is 19.0 Å². The quantitative estimate of drug-likeness (QED) is 0.636. The van der Waals surface area contributed by atoms with Crippen molar-refractivity contribution in [1.29, 1.82) is 0 Å². The van der Waals surface area contributed by atoms with Crippen molar-refractivity contribution < 1.29 is 19.1 Å². The van der Waals surface area contributed by atoms with Crippen LogP contribution >= 0.6 is 0 Å². The van der Waals surface area contributed by atoms with Gasteiger partial charge in [0.05, 0.1) is 18.4 Å². The largest absolute Gasteiger partial charge is 0.495 e. The molecule has 3 rings (SSSR count). The van der Waals surface area contributed by atoms with Gasteiger partial charge in [0.15, 0.2) is 6.61 Å². The highest BCUT2D eigenvalue weighted by Gasteiger charge is 2.19. The molecule has 0 heterocycles. The molecule has 0 bridgehead atoms. The zero-order valence-corrected chi connectivity index (χ0v) is 17.6. The first-order valence-corrected chi connectivity index (χ1v) is 9.68. The smallest absolute Gasteiger partial charge is 0.259 e. The number of methoxy groups -OCH3 is 1. The van der Waals surface area contributed by atoms with Crippen molar-refractivity contribution in [3.8, 4) is 11.5 Å². The third-order valence-corrected chi connectivity index (χ3v) is 4.32. The second kappa shape index (κ2) is 8.86. The van der Waals surface area contributed by atoms with E-state index in [2.05, 4.69) is 10.6 Å². The Bertz CT molecular complexity index is 1070. The fourth-order valence-corrected chi connectivity index (χ4v) is 3.05. The van der Waals surface area contributed by atoms with E-state index in [1.165, 1.54) is 0 Å². The molecule has 0 saturated carbocycles. The Kier molecular flexibility index (Phi) is 6.26. The van der Waals surface area contributed by atoms with Gasteiger partial charge in [-0.3, -0.25) is 9.59 Å². The summed E-state index contributed by atoms with van der Waals surface area (Å²) in [7, 11) is 1.55. The van der Waals surface area contributed by atoms with Crippen molar-refractivity contribution >= 4 is 28.3 Å². The van der Waals surface area contributed by atoms with Crippen molar-refractivity contribution in [2.45, 2.75) is 26.3 Å². The lowest BCUT2D eigenvalue weighted by molar-refractivity contribution is -0.124. The monoisotopic (exact) mass is 406 g/mol. The maximum Gasteiger partial charge on any atom is 0.259 e. The minimum atomic E-state index is -0.367. The van der Waals surface area contributed by atoms with Crippen LogP contribution in [-0.2, 0) is 4.79 Å². The number of nitrogens with one attached hydrogen (secondary N) is 2. The lowest BCUT2D eigenvalue weighted by Crippen LogP contribution is -2.43. The number of rotatable bonds is 6. The normalized spacial score (nSPS) is 11.1. The molecule has 0 aliphatic rings. The number of para-hydroxylation sites is 2. The number of ether oxygens (including phenoxy) is 2. The first kappa shape index (κ1) is 21.2. The number of hydrogen-bond acceptors (Lipinski definition) is 4. The second-order valence-corrected chi connectivity index (χ2v) is 7.94. The van der Waals surface area contributed by atoms with E-state index in [-0.39, 0.29) is 24.0 Å². The Morgan fingerprint density at radius 3 is 2.20 bits per heavy atom. The van der Waals surface area contributed by atoms with E-state index < -0.39 is 0 Å². The highest BCUT2D eigenvalue weighted by Crippen LogP contribution is 2.29. The molecule has 6 nitrogen and oxygen atoms in total. The number of carbonyl (C=O) groups is 2. The number of fused-ring (bicyclic) bond motifs is 1. The Morgan fingerprint density at radius 1 is 0.900 bits per heavy atom. The first-order chi connectivity index (χ1) is 14.3. The highest BCUT2D eigenvalue weighted by atomic mass is 16.5. The van der Waals surface area contributed by atoms with Crippen LogP contribution in [0, 0.1) is 0 Å². The summed E-state index contributed by atoms with van der Waals surface area (Å²) in [5.41, 5.74) is 0.520. The van der Waals surface area contributed by atoms with Gasteiger partial charge >= 0.3 is 0 Å². The molecule has 0 fully saturated rings. The SMILES string of the molecule is COc1ccccc1NC(=O)c1cc2ccccc2cc1OCC(=O)NC(C)(C)C. The molecule has 0 saturated heterocycles. The molecular formula is C24H26N2O4. The average molecular weight is 406 g/mol. The summed E-state index contributed by atoms with van der Waals surface area (Å²) in [6.07, 6.45) is 0. The van der Waals surface area contributed by atoms with E-state index in [4.69, 9.17) is 9.47 Å². The molecule has 0 aliphatic heterocycles. The summed E-state index contributed by atoms with van der Waals surface area (Å²) >= 11 is 0. The van der Waals surface area contributed by atoms with Crippen LogP contribution in [0.3, 0.4) is 0 Å². The van der Waals surface area contributed by atoms with Gasteiger partial charge in [0.25, 0.3) is 11.8 Å². The number of amides is 2. The Balaban J connectivity index is 1.90. The molecule has 0 spiro atoms. The molecule has 0 radical (unpaired) electrons. The lowest BCUT2D eigenvalue weighted by Gasteiger charge is -2.21. The molecule has 0 aromatic heterocycles. The molecule has 6 heteroatoms. The van der Waals surface area contributed by atoms with E-state index in [0.29, 0.717) is 22.7 Å². The number of carbonyl (C=O) groups excluding carboxylic acids is 2. The molecular weight excluding hydrogens is 380 g/mol. The number of benzene rings is 3. The topological polar surface area (TPSA) is 76.7 Å².